The summed E-state index contributed by atoms with van der Waals surface area (Å²) < 4.78 is 19.3. The molecule has 0 bridgehead atoms. The van der Waals surface area contributed by atoms with Crippen LogP contribution in [0.2, 0.25) is 0 Å². The average molecular weight is 376 g/mol. The highest BCUT2D eigenvalue weighted by Gasteiger charge is 2.24. The molecule has 0 saturated carbocycles. The molecule has 122 valence electrons. The summed E-state index contributed by atoms with van der Waals surface area (Å²) in [5.41, 5.74) is -0.338. The SMILES string of the molecule is CC(C)(C)OC(=O)NC(CCc1cc(Br)ccc1F)C(=O)O. The fourth-order valence-electron chi connectivity index (χ4n) is 1.74. The molecule has 7 heteroatoms. The number of benzene rings is 1. The van der Waals surface area contributed by atoms with Gasteiger partial charge in [0.1, 0.15) is 17.5 Å². The first kappa shape index (κ1) is 18.4. The summed E-state index contributed by atoms with van der Waals surface area (Å²) in [5, 5.41) is 11.4. The lowest BCUT2D eigenvalue weighted by molar-refractivity contribution is -0.139. The third kappa shape index (κ3) is 6.43. The maximum atomic E-state index is 13.6. The van der Waals surface area contributed by atoms with Crippen molar-refractivity contribution in [2.24, 2.45) is 0 Å². The molecule has 0 saturated heterocycles. The Bertz CT molecular complexity index is 557. The summed E-state index contributed by atoms with van der Waals surface area (Å²) in [6.45, 7) is 5.04. The van der Waals surface area contributed by atoms with E-state index in [9.17, 15) is 14.0 Å². The quantitative estimate of drug-likeness (QED) is 0.825. The molecule has 5 nitrogen and oxygen atoms in total. The number of alkyl carbamates (subject to hydrolysis) is 1. The average Bonchev–Trinajstić information content (AvgIpc) is 2.35. The standard InChI is InChI=1S/C15H19BrFNO4/c1-15(2,3)22-14(21)18-12(13(19)20)7-4-9-8-10(16)5-6-11(9)17/h5-6,8,12H,4,7H2,1-3H3,(H,18,21)(H,19,20). The van der Waals surface area contributed by atoms with E-state index in [-0.39, 0.29) is 12.8 Å². The Morgan fingerprint density at radius 3 is 2.59 bits per heavy atom. The second kappa shape index (κ2) is 7.58. The highest BCUT2D eigenvalue weighted by molar-refractivity contribution is 9.10. The number of ether oxygens (including phenoxy) is 1. The summed E-state index contributed by atoms with van der Waals surface area (Å²) in [5.74, 6) is -1.61. The lowest BCUT2D eigenvalue weighted by Crippen LogP contribution is -2.43. The van der Waals surface area contributed by atoms with E-state index in [1.54, 1.807) is 32.9 Å². The van der Waals surface area contributed by atoms with Gasteiger partial charge in [0.2, 0.25) is 0 Å². The minimum Gasteiger partial charge on any atom is -0.480 e. The molecule has 0 aromatic heterocycles. The van der Waals surface area contributed by atoms with E-state index in [4.69, 9.17) is 9.84 Å². The molecule has 1 unspecified atom stereocenters. The van der Waals surface area contributed by atoms with Crippen LogP contribution in [0.25, 0.3) is 0 Å². The molecule has 0 aliphatic carbocycles. The number of carbonyl (C=O) groups excluding carboxylic acids is 1. The molecule has 22 heavy (non-hydrogen) atoms. The zero-order valence-electron chi connectivity index (χ0n) is 12.7. The Balaban J connectivity index is 2.67. The smallest absolute Gasteiger partial charge is 0.408 e. The molecule has 0 spiro atoms. The summed E-state index contributed by atoms with van der Waals surface area (Å²) in [7, 11) is 0. The Morgan fingerprint density at radius 1 is 1.41 bits per heavy atom. The molecule has 2 N–H and O–H groups in total. The van der Waals surface area contributed by atoms with Gasteiger partial charge in [-0.05, 0) is 57.4 Å². The number of amides is 1. The fourth-order valence-corrected chi connectivity index (χ4v) is 2.15. The third-order valence-electron chi connectivity index (χ3n) is 2.70. The van der Waals surface area contributed by atoms with Crippen molar-refractivity contribution < 1.29 is 23.8 Å². The van der Waals surface area contributed by atoms with Crippen molar-refractivity contribution in [1.82, 2.24) is 5.32 Å². The number of nitrogens with one attached hydrogen (secondary N) is 1. The van der Waals surface area contributed by atoms with Crippen molar-refractivity contribution in [3.8, 4) is 0 Å². The van der Waals surface area contributed by atoms with Crippen LogP contribution in [-0.4, -0.2) is 28.8 Å². The van der Waals surface area contributed by atoms with Gasteiger partial charge in [-0.25, -0.2) is 14.0 Å². The number of hydrogen-bond acceptors (Lipinski definition) is 3. The zero-order valence-corrected chi connectivity index (χ0v) is 14.2. The number of aryl methyl sites for hydroxylation is 1. The molecule has 1 amide bonds. The molecule has 1 rings (SSSR count). The Kier molecular flexibility index (Phi) is 6.34. The van der Waals surface area contributed by atoms with Crippen LogP contribution in [0.5, 0.6) is 0 Å². The number of carbonyl (C=O) groups is 2. The van der Waals surface area contributed by atoms with Crippen LogP contribution in [-0.2, 0) is 16.0 Å². The topological polar surface area (TPSA) is 75.6 Å². The molecule has 0 aliphatic heterocycles. The van der Waals surface area contributed by atoms with E-state index in [0.717, 1.165) is 0 Å². The van der Waals surface area contributed by atoms with Crippen LogP contribution in [0, 0.1) is 5.82 Å². The molecule has 1 atom stereocenters. The molecule has 1 aromatic carbocycles. The lowest BCUT2D eigenvalue weighted by atomic mass is 10.0. The first-order valence-corrected chi connectivity index (χ1v) is 7.54. The second-order valence-electron chi connectivity index (χ2n) is 5.81. The van der Waals surface area contributed by atoms with Gasteiger partial charge in [0, 0.05) is 4.47 Å². The van der Waals surface area contributed by atoms with Gasteiger partial charge >= 0.3 is 12.1 Å². The van der Waals surface area contributed by atoms with E-state index >= 15 is 0 Å². The van der Waals surface area contributed by atoms with Gasteiger partial charge in [-0.15, -0.1) is 0 Å². The van der Waals surface area contributed by atoms with Crippen LogP contribution >= 0.6 is 15.9 Å². The lowest BCUT2D eigenvalue weighted by Gasteiger charge is -2.22. The van der Waals surface area contributed by atoms with E-state index in [0.29, 0.717) is 10.0 Å². The summed E-state index contributed by atoms with van der Waals surface area (Å²) in [4.78, 5) is 22.8. The predicted molar refractivity (Wildman–Crippen MR) is 83.2 cm³/mol. The van der Waals surface area contributed by atoms with Crippen LogP contribution in [0.3, 0.4) is 0 Å². The minimum atomic E-state index is -1.19. The van der Waals surface area contributed by atoms with Gasteiger partial charge in [0.05, 0.1) is 0 Å². The second-order valence-corrected chi connectivity index (χ2v) is 6.73. The molecule has 0 fully saturated rings. The van der Waals surface area contributed by atoms with Gasteiger partial charge in [-0.3, -0.25) is 0 Å². The van der Waals surface area contributed by atoms with Crippen molar-refractivity contribution in [3.05, 3.63) is 34.1 Å². The normalized spacial score (nSPS) is 12.6. The van der Waals surface area contributed by atoms with Gasteiger partial charge < -0.3 is 15.2 Å². The zero-order chi connectivity index (χ0) is 16.9. The first-order valence-electron chi connectivity index (χ1n) is 6.75. The van der Waals surface area contributed by atoms with Gasteiger partial charge in [-0.1, -0.05) is 15.9 Å². The molecule has 1 aromatic rings. The number of carboxylic acid groups (broad SMARTS) is 1. The molecular formula is C15H19BrFNO4. The summed E-state index contributed by atoms with van der Waals surface area (Å²) >= 11 is 3.23. The van der Waals surface area contributed by atoms with Crippen molar-refractivity contribution in [3.63, 3.8) is 0 Å². The number of hydrogen-bond donors (Lipinski definition) is 2. The van der Waals surface area contributed by atoms with Crippen LogP contribution in [0.15, 0.2) is 22.7 Å². The van der Waals surface area contributed by atoms with Crippen LogP contribution < -0.4 is 5.32 Å². The number of halogens is 2. The maximum absolute atomic E-state index is 13.6. The Hall–Kier alpha value is -1.63. The van der Waals surface area contributed by atoms with Gasteiger partial charge in [0.15, 0.2) is 0 Å². The number of aliphatic carboxylic acids is 1. The van der Waals surface area contributed by atoms with E-state index < -0.39 is 29.5 Å². The Labute approximate surface area is 137 Å². The first-order chi connectivity index (χ1) is 10.1. The molecule has 0 radical (unpaired) electrons. The van der Waals surface area contributed by atoms with Gasteiger partial charge in [0.25, 0.3) is 0 Å². The van der Waals surface area contributed by atoms with Crippen molar-refractivity contribution >= 4 is 28.0 Å². The minimum absolute atomic E-state index is 0.0575. The van der Waals surface area contributed by atoms with Crippen molar-refractivity contribution in [2.45, 2.75) is 45.3 Å². The monoisotopic (exact) mass is 375 g/mol. The number of rotatable bonds is 5. The van der Waals surface area contributed by atoms with Crippen LogP contribution in [0.1, 0.15) is 32.8 Å². The molecule has 0 heterocycles. The van der Waals surface area contributed by atoms with Gasteiger partial charge in [-0.2, -0.15) is 0 Å². The summed E-state index contributed by atoms with van der Waals surface area (Å²) in [6.07, 6.45) is -0.574. The third-order valence-corrected chi connectivity index (χ3v) is 3.19. The van der Waals surface area contributed by atoms with E-state index in [1.807, 2.05) is 0 Å². The molecule has 0 aliphatic rings. The van der Waals surface area contributed by atoms with Crippen molar-refractivity contribution in [2.75, 3.05) is 0 Å². The summed E-state index contributed by atoms with van der Waals surface area (Å²) in [6, 6.07) is 3.30. The van der Waals surface area contributed by atoms with Crippen molar-refractivity contribution in [1.29, 1.82) is 0 Å². The molecular weight excluding hydrogens is 357 g/mol. The largest absolute Gasteiger partial charge is 0.480 e. The Morgan fingerprint density at radius 2 is 2.05 bits per heavy atom. The van der Waals surface area contributed by atoms with E-state index in [2.05, 4.69) is 21.2 Å². The fraction of sp³-hybridized carbons (Fsp3) is 0.467. The number of carboxylic acids is 1. The maximum Gasteiger partial charge on any atom is 0.408 e. The predicted octanol–water partition coefficient (Wildman–Crippen LogP) is 3.50. The highest BCUT2D eigenvalue weighted by atomic mass is 79.9. The van der Waals surface area contributed by atoms with Crippen LogP contribution in [0.4, 0.5) is 9.18 Å². The van der Waals surface area contributed by atoms with E-state index in [1.165, 1.54) is 6.07 Å². The highest BCUT2D eigenvalue weighted by Crippen LogP contribution is 2.17.